The molecule has 2 aliphatic rings. The fraction of sp³-hybridized carbons (Fsp3) is 0.533. The molecular formula is C15H21N5. The summed E-state index contributed by atoms with van der Waals surface area (Å²) in [6.45, 7) is 4.97. The summed E-state index contributed by atoms with van der Waals surface area (Å²) in [6.07, 6.45) is 4.83. The minimum Gasteiger partial charge on any atom is -0.352 e. The number of rotatable bonds is 3. The molecule has 3 heterocycles. The molecule has 0 unspecified atom stereocenters. The topological polar surface area (TPSA) is 49.8 Å². The molecule has 2 aromatic rings. The van der Waals surface area contributed by atoms with Crippen molar-refractivity contribution in [3.63, 3.8) is 0 Å². The monoisotopic (exact) mass is 271 g/mol. The lowest BCUT2D eigenvalue weighted by atomic mass is 10.3. The van der Waals surface area contributed by atoms with E-state index in [1.165, 1.54) is 12.8 Å². The number of pyridine rings is 1. The van der Waals surface area contributed by atoms with Crippen LogP contribution in [0.15, 0.2) is 24.4 Å². The van der Waals surface area contributed by atoms with Crippen molar-refractivity contribution in [3.8, 4) is 0 Å². The van der Waals surface area contributed by atoms with E-state index in [-0.39, 0.29) is 0 Å². The van der Waals surface area contributed by atoms with Gasteiger partial charge in [0, 0.05) is 45.0 Å². The van der Waals surface area contributed by atoms with Gasteiger partial charge >= 0.3 is 0 Å². The van der Waals surface area contributed by atoms with Crippen LogP contribution < -0.4 is 10.6 Å². The van der Waals surface area contributed by atoms with Gasteiger partial charge in [-0.3, -0.25) is 4.90 Å². The van der Waals surface area contributed by atoms with Crippen LogP contribution in [-0.4, -0.2) is 46.5 Å². The van der Waals surface area contributed by atoms with Crippen molar-refractivity contribution in [2.75, 3.05) is 31.1 Å². The van der Waals surface area contributed by atoms with E-state index in [1.807, 2.05) is 18.2 Å². The van der Waals surface area contributed by atoms with Crippen molar-refractivity contribution in [3.05, 3.63) is 30.1 Å². The molecule has 1 aliphatic heterocycles. The molecule has 2 N–H and O–H groups in total. The highest BCUT2D eigenvalue weighted by Gasteiger charge is 2.32. The lowest BCUT2D eigenvalue weighted by Crippen LogP contribution is -2.47. The van der Waals surface area contributed by atoms with Gasteiger partial charge in [-0.1, -0.05) is 6.07 Å². The molecule has 5 nitrogen and oxygen atoms in total. The molecule has 2 aromatic heterocycles. The Bertz CT molecular complexity index is 608. The van der Waals surface area contributed by atoms with Gasteiger partial charge < -0.3 is 15.0 Å². The van der Waals surface area contributed by atoms with E-state index < -0.39 is 0 Å². The van der Waals surface area contributed by atoms with Crippen LogP contribution in [0.5, 0.6) is 0 Å². The van der Waals surface area contributed by atoms with Crippen molar-refractivity contribution in [2.24, 2.45) is 5.73 Å². The number of nitrogens with zero attached hydrogens (tertiary/aromatic N) is 4. The van der Waals surface area contributed by atoms with Crippen LogP contribution in [0.2, 0.25) is 0 Å². The number of nitrogens with two attached hydrogens (primary N) is 1. The maximum Gasteiger partial charge on any atom is 0.152 e. The smallest absolute Gasteiger partial charge is 0.152 e. The van der Waals surface area contributed by atoms with Crippen LogP contribution in [0.4, 0.5) is 5.82 Å². The van der Waals surface area contributed by atoms with Crippen LogP contribution in [0.3, 0.4) is 0 Å². The van der Waals surface area contributed by atoms with Gasteiger partial charge in [0.2, 0.25) is 0 Å². The van der Waals surface area contributed by atoms with E-state index in [0.29, 0.717) is 6.54 Å². The van der Waals surface area contributed by atoms with Crippen LogP contribution >= 0.6 is 0 Å². The number of aromatic nitrogens is 2. The Balaban J connectivity index is 1.61. The summed E-state index contributed by atoms with van der Waals surface area (Å²) in [6, 6.07) is 6.97. The van der Waals surface area contributed by atoms with E-state index >= 15 is 0 Å². The number of anilines is 1. The van der Waals surface area contributed by atoms with Gasteiger partial charge in [0.15, 0.2) is 5.82 Å². The minimum absolute atomic E-state index is 0.531. The molecule has 2 fully saturated rings. The Labute approximate surface area is 119 Å². The summed E-state index contributed by atoms with van der Waals surface area (Å²) in [7, 11) is 0. The van der Waals surface area contributed by atoms with Gasteiger partial charge in [-0.25, -0.2) is 4.98 Å². The molecule has 0 radical (unpaired) electrons. The maximum atomic E-state index is 5.96. The largest absolute Gasteiger partial charge is 0.352 e. The van der Waals surface area contributed by atoms with Crippen molar-refractivity contribution >= 4 is 11.5 Å². The zero-order valence-corrected chi connectivity index (χ0v) is 11.7. The number of imidazole rings is 1. The zero-order chi connectivity index (χ0) is 13.5. The quantitative estimate of drug-likeness (QED) is 0.907. The SMILES string of the molecule is NCc1c(N2CCN(C3CC3)CC2)nc2ccccn12. The molecular weight excluding hydrogens is 250 g/mol. The molecule has 0 bridgehead atoms. The van der Waals surface area contributed by atoms with Gasteiger partial charge in [-0.05, 0) is 25.0 Å². The molecule has 0 atom stereocenters. The van der Waals surface area contributed by atoms with Crippen LogP contribution in [-0.2, 0) is 6.54 Å². The summed E-state index contributed by atoms with van der Waals surface area (Å²) >= 11 is 0. The highest BCUT2D eigenvalue weighted by Crippen LogP contribution is 2.29. The Morgan fingerprint density at radius 2 is 1.95 bits per heavy atom. The lowest BCUT2D eigenvalue weighted by Gasteiger charge is -2.35. The van der Waals surface area contributed by atoms with Crippen LogP contribution in [0, 0.1) is 0 Å². The average molecular weight is 271 g/mol. The van der Waals surface area contributed by atoms with Crippen LogP contribution in [0.1, 0.15) is 18.5 Å². The maximum absolute atomic E-state index is 5.96. The normalized spacial score (nSPS) is 20.8. The van der Waals surface area contributed by atoms with Crippen molar-refractivity contribution in [1.82, 2.24) is 14.3 Å². The number of hydrogen-bond donors (Lipinski definition) is 1. The average Bonchev–Trinajstić information content (AvgIpc) is 3.28. The molecule has 1 saturated heterocycles. The summed E-state index contributed by atoms with van der Waals surface area (Å²) in [4.78, 5) is 9.80. The predicted octanol–water partition coefficient (Wildman–Crippen LogP) is 1.08. The third kappa shape index (κ3) is 1.98. The van der Waals surface area contributed by atoms with Gasteiger partial charge in [0.1, 0.15) is 5.65 Å². The first-order chi connectivity index (χ1) is 9.86. The minimum atomic E-state index is 0.531. The first-order valence-electron chi connectivity index (χ1n) is 7.52. The van der Waals surface area contributed by atoms with Crippen molar-refractivity contribution < 1.29 is 0 Å². The summed E-state index contributed by atoms with van der Waals surface area (Å²) in [5, 5.41) is 0. The second kappa shape index (κ2) is 4.75. The van der Waals surface area contributed by atoms with Crippen molar-refractivity contribution in [1.29, 1.82) is 0 Å². The molecule has 20 heavy (non-hydrogen) atoms. The number of hydrogen-bond acceptors (Lipinski definition) is 4. The second-order valence-electron chi connectivity index (χ2n) is 5.77. The third-order valence-corrected chi connectivity index (χ3v) is 4.48. The number of fused-ring (bicyclic) bond motifs is 1. The fourth-order valence-corrected chi connectivity index (χ4v) is 3.22. The van der Waals surface area contributed by atoms with Gasteiger partial charge in [0.25, 0.3) is 0 Å². The molecule has 0 aromatic carbocycles. The molecule has 0 amide bonds. The highest BCUT2D eigenvalue weighted by atomic mass is 15.3. The van der Waals surface area contributed by atoms with Crippen molar-refractivity contribution in [2.45, 2.75) is 25.4 Å². The third-order valence-electron chi connectivity index (χ3n) is 4.48. The van der Waals surface area contributed by atoms with E-state index in [2.05, 4.69) is 20.4 Å². The fourth-order valence-electron chi connectivity index (χ4n) is 3.22. The predicted molar refractivity (Wildman–Crippen MR) is 79.9 cm³/mol. The highest BCUT2D eigenvalue weighted by molar-refractivity contribution is 5.56. The van der Waals surface area contributed by atoms with E-state index in [9.17, 15) is 0 Å². The zero-order valence-electron chi connectivity index (χ0n) is 11.7. The second-order valence-corrected chi connectivity index (χ2v) is 5.77. The molecule has 4 rings (SSSR count). The summed E-state index contributed by atoms with van der Waals surface area (Å²) in [5.41, 5.74) is 8.07. The Hall–Kier alpha value is -1.59. The summed E-state index contributed by atoms with van der Waals surface area (Å²) in [5.74, 6) is 1.08. The van der Waals surface area contributed by atoms with E-state index in [0.717, 1.165) is 49.4 Å². The first-order valence-corrected chi connectivity index (χ1v) is 7.52. The van der Waals surface area contributed by atoms with Gasteiger partial charge in [-0.2, -0.15) is 0 Å². The van der Waals surface area contributed by atoms with E-state index in [1.54, 1.807) is 0 Å². The Morgan fingerprint density at radius 3 is 2.65 bits per heavy atom. The van der Waals surface area contributed by atoms with Crippen LogP contribution in [0.25, 0.3) is 5.65 Å². The Morgan fingerprint density at radius 1 is 1.15 bits per heavy atom. The van der Waals surface area contributed by atoms with Gasteiger partial charge in [0.05, 0.1) is 5.69 Å². The standard InChI is InChI=1S/C15H21N5/c16-11-13-15(17-14-3-1-2-6-20(13)14)19-9-7-18(8-10-19)12-4-5-12/h1-3,6,12H,4-5,7-11,16H2. The molecule has 1 aliphatic carbocycles. The molecule has 5 heteroatoms. The molecule has 0 spiro atoms. The summed E-state index contributed by atoms with van der Waals surface area (Å²) < 4.78 is 2.11. The number of piperazine rings is 1. The van der Waals surface area contributed by atoms with Gasteiger partial charge in [-0.15, -0.1) is 0 Å². The first kappa shape index (κ1) is 12.2. The Kier molecular flexibility index (Phi) is 2.89. The molecule has 1 saturated carbocycles. The molecule has 106 valence electrons. The van der Waals surface area contributed by atoms with E-state index in [4.69, 9.17) is 10.7 Å². The lowest BCUT2D eigenvalue weighted by molar-refractivity contribution is 0.247.